The van der Waals surface area contributed by atoms with E-state index in [0.29, 0.717) is 0 Å². The first kappa shape index (κ1) is 65.2. The van der Waals surface area contributed by atoms with Gasteiger partial charge in [-0.2, -0.15) is 0 Å². The Bertz CT molecular complexity index is 1260. The second kappa shape index (κ2) is 40.7. The molecule has 1 aliphatic heterocycles. The van der Waals surface area contributed by atoms with Gasteiger partial charge in [0.1, 0.15) is 0 Å². The maximum atomic E-state index is 4.86. The van der Waals surface area contributed by atoms with Crippen LogP contribution in [0.4, 0.5) is 0 Å². The van der Waals surface area contributed by atoms with Crippen molar-refractivity contribution in [3.05, 3.63) is 48.9 Å². The number of rotatable bonds is 48. The summed E-state index contributed by atoms with van der Waals surface area (Å²) in [6.07, 6.45) is 45.0. The van der Waals surface area contributed by atoms with Crippen molar-refractivity contribution in [3.8, 4) is 0 Å². The molecule has 5 heteroatoms. The molecule has 3 nitrogen and oxygen atoms in total. The van der Waals surface area contributed by atoms with E-state index in [1.807, 2.05) is 0 Å². The van der Waals surface area contributed by atoms with E-state index in [4.69, 9.17) is 13.2 Å². The monoisotopic (exact) mass is 984 g/mol. The lowest BCUT2D eigenvalue weighted by atomic mass is 9.71. The summed E-state index contributed by atoms with van der Waals surface area (Å²) in [5, 5.41) is 3.62. The molecule has 1 rings (SSSR count). The zero-order valence-corrected chi connectivity index (χ0v) is 49.4. The van der Waals surface area contributed by atoms with Gasteiger partial charge in [-0.15, -0.1) is 0 Å². The largest absolute Gasteiger partial charge is 0.388 e. The first-order valence-corrected chi connectivity index (χ1v) is 32.1. The summed E-state index contributed by atoms with van der Waals surface area (Å²) in [6.45, 7) is 47.6. The Morgan fingerprint density at radius 2 is 1.00 bits per heavy atom. The van der Waals surface area contributed by atoms with Gasteiger partial charge in [-0.1, -0.05) is 263 Å². The third kappa shape index (κ3) is 37.9. The number of hydrogen-bond donors (Lipinski definition) is 1. The molecule has 0 aliphatic carbocycles. The van der Waals surface area contributed by atoms with Gasteiger partial charge >= 0.3 is 0 Å². The van der Waals surface area contributed by atoms with E-state index in [-0.39, 0.29) is 16.2 Å². The average molecular weight is 985 g/mol. The van der Waals surface area contributed by atoms with Gasteiger partial charge in [0, 0.05) is 49.1 Å². The molecule has 1 N–H and O–H groups in total. The summed E-state index contributed by atoms with van der Waals surface area (Å²) in [7, 11) is 4.12. The maximum Gasteiger partial charge on any atom is 0.0271 e. The lowest BCUT2D eigenvalue weighted by molar-refractivity contribution is 0.112. The second-order valence-corrected chi connectivity index (χ2v) is 27.3. The van der Waals surface area contributed by atoms with E-state index in [2.05, 4.69) is 112 Å². The summed E-state index contributed by atoms with van der Waals surface area (Å²) in [5.74, 6) is 3.17. The standard InChI is InChI=1S/C63H121N3S2/c1-14-17-20-23-25-26-28-32-39-56(4)51-61(8,9)53-63(12,13)55-66(59(7)41-38-49-68-67-48-37-40-58(6)64-44-47-65-45-35-30-31-36-46-65)54-62(10,11)52-57(5)50-60(42-33-27-22-19-16-3)43-34-29-24-21-18-15-2/h60,64H,4-7,14-55H2,1-3,8-13H3. The van der Waals surface area contributed by atoms with Crippen molar-refractivity contribution < 1.29 is 0 Å². The summed E-state index contributed by atoms with van der Waals surface area (Å²) in [5.41, 5.74) is 6.03. The summed E-state index contributed by atoms with van der Waals surface area (Å²) in [6, 6.07) is 0. The van der Waals surface area contributed by atoms with Crippen LogP contribution in [0.3, 0.4) is 0 Å². The lowest BCUT2D eigenvalue weighted by Gasteiger charge is -2.43. The van der Waals surface area contributed by atoms with Crippen LogP contribution in [-0.4, -0.2) is 60.6 Å². The van der Waals surface area contributed by atoms with Crippen molar-refractivity contribution in [3.63, 3.8) is 0 Å². The van der Waals surface area contributed by atoms with E-state index in [0.717, 1.165) is 57.8 Å². The molecule has 0 spiro atoms. The van der Waals surface area contributed by atoms with Crippen molar-refractivity contribution in [2.75, 3.05) is 50.8 Å². The molecular formula is C63H121N3S2. The van der Waals surface area contributed by atoms with E-state index in [1.54, 1.807) is 0 Å². The molecule has 1 atom stereocenters. The molecule has 0 aromatic carbocycles. The van der Waals surface area contributed by atoms with E-state index in [9.17, 15) is 0 Å². The first-order chi connectivity index (χ1) is 32.5. The van der Waals surface area contributed by atoms with Crippen LogP contribution in [-0.2, 0) is 0 Å². The fourth-order valence-electron chi connectivity index (χ4n) is 11.6. The van der Waals surface area contributed by atoms with Crippen LogP contribution in [0.1, 0.15) is 281 Å². The van der Waals surface area contributed by atoms with Gasteiger partial charge in [-0.05, 0) is 112 Å². The number of hydrogen-bond acceptors (Lipinski definition) is 5. The minimum absolute atomic E-state index is 0.137. The number of likely N-dealkylation sites (tertiary alicyclic amines) is 1. The van der Waals surface area contributed by atoms with Gasteiger partial charge in [-0.25, -0.2) is 0 Å². The highest BCUT2D eigenvalue weighted by Crippen LogP contribution is 2.41. The number of nitrogens with zero attached hydrogens (tertiary/aromatic N) is 2. The topological polar surface area (TPSA) is 18.5 Å². The Balaban J connectivity index is 2.85. The Kier molecular flexibility index (Phi) is 39.0. The molecule has 1 saturated heterocycles. The molecule has 0 radical (unpaired) electrons. The molecule has 0 aromatic heterocycles. The van der Waals surface area contributed by atoms with Gasteiger partial charge in [-0.3, -0.25) is 0 Å². The van der Waals surface area contributed by atoms with Crippen molar-refractivity contribution >= 4 is 21.6 Å². The van der Waals surface area contributed by atoms with Gasteiger partial charge in [0.2, 0.25) is 0 Å². The highest BCUT2D eigenvalue weighted by atomic mass is 33.1. The lowest BCUT2D eigenvalue weighted by Crippen LogP contribution is -2.41. The number of allylic oxidation sites excluding steroid dienone is 4. The predicted molar refractivity (Wildman–Crippen MR) is 316 cm³/mol. The Morgan fingerprint density at radius 3 is 1.54 bits per heavy atom. The van der Waals surface area contributed by atoms with Crippen LogP contribution in [0, 0.1) is 22.2 Å². The molecule has 68 heavy (non-hydrogen) atoms. The van der Waals surface area contributed by atoms with E-state index < -0.39 is 0 Å². The van der Waals surface area contributed by atoms with Gasteiger partial charge in [0.15, 0.2) is 0 Å². The molecule has 1 unspecified atom stereocenters. The normalized spacial score (nSPS) is 14.5. The predicted octanol–water partition coefficient (Wildman–Crippen LogP) is 20.7. The summed E-state index contributed by atoms with van der Waals surface area (Å²) >= 11 is 0. The molecule has 1 heterocycles. The number of nitrogens with one attached hydrogen (secondary N) is 1. The Morgan fingerprint density at radius 1 is 0.529 bits per heavy atom. The third-order valence-electron chi connectivity index (χ3n) is 14.7. The minimum atomic E-state index is 0.137. The maximum absolute atomic E-state index is 4.86. The van der Waals surface area contributed by atoms with Crippen LogP contribution in [0.15, 0.2) is 48.9 Å². The molecule has 0 amide bonds. The molecule has 0 aromatic rings. The zero-order valence-electron chi connectivity index (χ0n) is 47.8. The molecule has 400 valence electrons. The Labute approximate surface area is 436 Å². The van der Waals surface area contributed by atoms with Crippen molar-refractivity contribution in [1.82, 2.24) is 15.1 Å². The molecule has 1 fully saturated rings. The highest BCUT2D eigenvalue weighted by molar-refractivity contribution is 8.76. The van der Waals surface area contributed by atoms with Crippen LogP contribution < -0.4 is 5.32 Å². The van der Waals surface area contributed by atoms with Crippen molar-refractivity contribution in [1.29, 1.82) is 0 Å². The molecule has 0 bridgehead atoms. The van der Waals surface area contributed by atoms with Crippen LogP contribution >= 0.6 is 21.6 Å². The molecule has 1 aliphatic rings. The van der Waals surface area contributed by atoms with Gasteiger partial charge in [0.25, 0.3) is 0 Å². The SMILES string of the molecule is C=C(CC(CCCCCCC)CCCCCCCC)CC(C)(C)CN(CC(C)(C)CC(C)(C)CC(=C)CCCCCCCCCC)C(=C)CCCSSCCCC(=C)NCCN1CCCCCC1. The quantitative estimate of drug-likeness (QED) is 0.0371. The van der Waals surface area contributed by atoms with Gasteiger partial charge < -0.3 is 15.1 Å². The number of unbranched alkanes of at least 4 members (excludes halogenated alkanes) is 16. The Hall–Kier alpha value is -0.780. The van der Waals surface area contributed by atoms with Crippen LogP contribution in [0.5, 0.6) is 0 Å². The summed E-state index contributed by atoms with van der Waals surface area (Å²) < 4.78 is 0. The van der Waals surface area contributed by atoms with E-state index in [1.165, 1.54) is 240 Å². The highest BCUT2D eigenvalue weighted by Gasteiger charge is 2.33. The van der Waals surface area contributed by atoms with Crippen molar-refractivity contribution in [2.45, 2.75) is 281 Å². The first-order valence-electron chi connectivity index (χ1n) is 29.7. The smallest absolute Gasteiger partial charge is 0.0271 e. The minimum Gasteiger partial charge on any atom is -0.388 e. The molecular weight excluding hydrogens is 863 g/mol. The fourth-order valence-corrected chi connectivity index (χ4v) is 13.8. The van der Waals surface area contributed by atoms with Crippen molar-refractivity contribution in [2.24, 2.45) is 22.2 Å². The fraction of sp³-hybridized carbons (Fsp3) is 0.873. The van der Waals surface area contributed by atoms with Crippen LogP contribution in [0.2, 0.25) is 0 Å². The zero-order chi connectivity index (χ0) is 50.4. The third-order valence-corrected chi connectivity index (χ3v) is 17.3. The van der Waals surface area contributed by atoms with Gasteiger partial charge in [0.05, 0.1) is 0 Å². The second-order valence-electron chi connectivity index (χ2n) is 24.6. The average Bonchev–Trinajstić information content (AvgIpc) is 3.54. The summed E-state index contributed by atoms with van der Waals surface area (Å²) in [4.78, 5) is 5.37. The van der Waals surface area contributed by atoms with E-state index >= 15 is 0 Å². The molecule has 0 saturated carbocycles. The van der Waals surface area contributed by atoms with Crippen LogP contribution in [0.25, 0.3) is 0 Å².